The fourth-order valence-corrected chi connectivity index (χ4v) is 2.37. The zero-order valence-corrected chi connectivity index (χ0v) is 12.1. The number of fused-ring (bicyclic) bond motifs is 1. The summed E-state index contributed by atoms with van der Waals surface area (Å²) in [4.78, 5) is 4.66. The van der Waals surface area contributed by atoms with Gasteiger partial charge in [0.05, 0.1) is 22.4 Å². The Hall–Kier alpha value is -1.91. The van der Waals surface area contributed by atoms with E-state index >= 15 is 0 Å². The van der Waals surface area contributed by atoms with E-state index in [1.807, 2.05) is 38.2 Å². The molecule has 5 heteroatoms. The van der Waals surface area contributed by atoms with Gasteiger partial charge < -0.3 is 5.32 Å². The maximum absolute atomic E-state index is 6.08. The molecule has 3 rings (SSSR count). The van der Waals surface area contributed by atoms with Crippen LogP contribution in [-0.2, 0) is 6.54 Å². The summed E-state index contributed by atoms with van der Waals surface area (Å²) in [6.45, 7) is 2.67. The number of rotatable bonds is 3. The predicted octanol–water partition coefficient (Wildman–Crippen LogP) is 3.10. The van der Waals surface area contributed by atoms with Crippen molar-refractivity contribution in [1.29, 1.82) is 0 Å². The van der Waals surface area contributed by atoms with Gasteiger partial charge in [0.25, 0.3) is 0 Å². The molecule has 1 aromatic carbocycles. The van der Waals surface area contributed by atoms with Crippen molar-refractivity contribution in [3.63, 3.8) is 0 Å². The third kappa shape index (κ3) is 2.28. The average molecular weight is 287 g/mol. The van der Waals surface area contributed by atoms with E-state index in [-0.39, 0.29) is 0 Å². The van der Waals surface area contributed by atoms with Crippen LogP contribution in [0.3, 0.4) is 0 Å². The van der Waals surface area contributed by atoms with Gasteiger partial charge in [-0.05, 0) is 31.7 Å². The lowest BCUT2D eigenvalue weighted by atomic mass is 10.1. The van der Waals surface area contributed by atoms with E-state index in [4.69, 9.17) is 11.6 Å². The number of aromatic nitrogens is 3. The molecule has 2 heterocycles. The zero-order chi connectivity index (χ0) is 14.1. The maximum Gasteiger partial charge on any atom is 0.154 e. The molecule has 4 nitrogen and oxygen atoms in total. The number of halogens is 1. The molecule has 0 aliphatic carbocycles. The number of nitrogens with one attached hydrogen (secondary N) is 1. The molecular formula is C15H15ClN4. The number of aryl methyl sites for hydroxylation is 1. The molecule has 1 N–H and O–H groups in total. The van der Waals surface area contributed by atoms with Gasteiger partial charge in [-0.2, -0.15) is 5.10 Å². The number of para-hydroxylation sites is 1. The van der Waals surface area contributed by atoms with Gasteiger partial charge in [0.2, 0.25) is 0 Å². The number of pyridine rings is 1. The second kappa shape index (κ2) is 5.23. The van der Waals surface area contributed by atoms with Gasteiger partial charge in [0, 0.05) is 11.9 Å². The first-order valence-corrected chi connectivity index (χ1v) is 6.82. The molecule has 0 fully saturated rings. The second-order valence-corrected chi connectivity index (χ2v) is 5.10. The first-order chi connectivity index (χ1) is 9.69. The van der Waals surface area contributed by atoms with Crippen LogP contribution >= 0.6 is 11.6 Å². The quantitative estimate of drug-likeness (QED) is 0.804. The van der Waals surface area contributed by atoms with Crippen molar-refractivity contribution in [3.8, 4) is 5.82 Å². The highest BCUT2D eigenvalue weighted by Gasteiger charge is 2.09. The van der Waals surface area contributed by atoms with Crippen molar-refractivity contribution in [1.82, 2.24) is 20.1 Å². The molecule has 0 atom stereocenters. The Morgan fingerprint density at radius 1 is 1.30 bits per heavy atom. The largest absolute Gasteiger partial charge is 0.316 e. The molecule has 0 aliphatic rings. The van der Waals surface area contributed by atoms with Crippen LogP contribution in [0, 0.1) is 6.92 Å². The lowest BCUT2D eigenvalue weighted by Gasteiger charge is -2.09. The minimum atomic E-state index is 0.648. The van der Waals surface area contributed by atoms with Gasteiger partial charge in [0.15, 0.2) is 5.82 Å². The van der Waals surface area contributed by atoms with Crippen LogP contribution in [-0.4, -0.2) is 21.8 Å². The predicted molar refractivity (Wildman–Crippen MR) is 81.4 cm³/mol. The highest BCUT2D eigenvalue weighted by atomic mass is 35.5. The third-order valence-corrected chi connectivity index (χ3v) is 3.60. The molecule has 0 amide bonds. The van der Waals surface area contributed by atoms with Gasteiger partial charge in [-0.15, -0.1) is 0 Å². The molecule has 102 valence electrons. The molecule has 0 saturated carbocycles. The van der Waals surface area contributed by atoms with E-state index in [0.29, 0.717) is 5.02 Å². The molecule has 0 unspecified atom stereocenters. The van der Waals surface area contributed by atoms with Crippen molar-refractivity contribution < 1.29 is 0 Å². The SMILES string of the molecule is CNCc1cc(-n2cc(Cl)c(C)n2)nc2ccccc12. The summed E-state index contributed by atoms with van der Waals surface area (Å²) in [6, 6.07) is 10.2. The number of hydrogen-bond donors (Lipinski definition) is 1. The summed E-state index contributed by atoms with van der Waals surface area (Å²) >= 11 is 6.08. The molecule has 0 aliphatic heterocycles. The first-order valence-electron chi connectivity index (χ1n) is 6.44. The zero-order valence-electron chi connectivity index (χ0n) is 11.4. The van der Waals surface area contributed by atoms with Crippen LogP contribution in [0.25, 0.3) is 16.7 Å². The van der Waals surface area contributed by atoms with E-state index in [9.17, 15) is 0 Å². The summed E-state index contributed by atoms with van der Waals surface area (Å²) in [6.07, 6.45) is 1.79. The fourth-order valence-electron chi connectivity index (χ4n) is 2.24. The van der Waals surface area contributed by atoms with Gasteiger partial charge >= 0.3 is 0 Å². The van der Waals surface area contributed by atoms with E-state index < -0.39 is 0 Å². The second-order valence-electron chi connectivity index (χ2n) is 4.69. The summed E-state index contributed by atoms with van der Waals surface area (Å²) in [5, 5.41) is 9.38. The minimum Gasteiger partial charge on any atom is -0.316 e. The lowest BCUT2D eigenvalue weighted by Crippen LogP contribution is -2.08. The van der Waals surface area contributed by atoms with Crippen LogP contribution in [0.5, 0.6) is 0 Å². The fraction of sp³-hybridized carbons (Fsp3) is 0.200. The first kappa shape index (κ1) is 13.1. The van der Waals surface area contributed by atoms with Crippen molar-refractivity contribution >= 4 is 22.5 Å². The Labute approximate surface area is 122 Å². The van der Waals surface area contributed by atoms with Gasteiger partial charge in [-0.25, -0.2) is 9.67 Å². The Morgan fingerprint density at radius 2 is 2.10 bits per heavy atom. The smallest absolute Gasteiger partial charge is 0.154 e. The molecule has 0 saturated heterocycles. The van der Waals surface area contributed by atoms with Gasteiger partial charge in [0.1, 0.15) is 0 Å². The highest BCUT2D eigenvalue weighted by molar-refractivity contribution is 6.31. The Kier molecular flexibility index (Phi) is 3.42. The summed E-state index contributed by atoms with van der Waals surface area (Å²) in [7, 11) is 1.93. The molecular weight excluding hydrogens is 272 g/mol. The summed E-state index contributed by atoms with van der Waals surface area (Å²) in [5.74, 6) is 0.781. The van der Waals surface area contributed by atoms with Crippen LogP contribution in [0.15, 0.2) is 36.5 Å². The van der Waals surface area contributed by atoms with Crippen LogP contribution < -0.4 is 5.32 Å². The van der Waals surface area contributed by atoms with Crippen LogP contribution in [0.1, 0.15) is 11.3 Å². The Balaban J connectivity index is 2.21. The van der Waals surface area contributed by atoms with Crippen molar-refractivity contribution in [3.05, 3.63) is 52.8 Å². The minimum absolute atomic E-state index is 0.648. The Morgan fingerprint density at radius 3 is 2.80 bits per heavy atom. The molecule has 2 aromatic heterocycles. The van der Waals surface area contributed by atoms with Crippen LogP contribution in [0.4, 0.5) is 0 Å². The average Bonchev–Trinajstić information content (AvgIpc) is 2.79. The molecule has 20 heavy (non-hydrogen) atoms. The van der Waals surface area contributed by atoms with Gasteiger partial charge in [-0.3, -0.25) is 0 Å². The van der Waals surface area contributed by atoms with Crippen LogP contribution in [0.2, 0.25) is 5.02 Å². The van der Waals surface area contributed by atoms with E-state index in [0.717, 1.165) is 29.0 Å². The molecule has 3 aromatic rings. The van der Waals surface area contributed by atoms with Crippen molar-refractivity contribution in [2.45, 2.75) is 13.5 Å². The topological polar surface area (TPSA) is 42.7 Å². The maximum atomic E-state index is 6.08. The highest BCUT2D eigenvalue weighted by Crippen LogP contribution is 2.21. The summed E-state index contributed by atoms with van der Waals surface area (Å²) < 4.78 is 1.73. The standard InChI is InChI=1S/C15H15ClN4/c1-10-13(16)9-20(19-10)15-7-11(8-17-2)12-5-3-4-6-14(12)18-15/h3-7,9,17H,8H2,1-2H3. The number of nitrogens with zero attached hydrogens (tertiary/aromatic N) is 3. The van der Waals surface area contributed by atoms with Gasteiger partial charge in [-0.1, -0.05) is 29.8 Å². The lowest BCUT2D eigenvalue weighted by molar-refractivity contribution is 0.806. The Bertz CT molecular complexity index is 744. The molecule has 0 radical (unpaired) electrons. The van der Waals surface area contributed by atoms with Crippen molar-refractivity contribution in [2.75, 3.05) is 7.05 Å². The van der Waals surface area contributed by atoms with E-state index in [2.05, 4.69) is 21.5 Å². The molecule has 0 spiro atoms. The van der Waals surface area contributed by atoms with E-state index in [1.54, 1.807) is 10.9 Å². The monoisotopic (exact) mass is 286 g/mol. The number of hydrogen-bond acceptors (Lipinski definition) is 3. The van der Waals surface area contributed by atoms with Crippen molar-refractivity contribution in [2.24, 2.45) is 0 Å². The number of benzene rings is 1. The summed E-state index contributed by atoms with van der Waals surface area (Å²) in [5.41, 5.74) is 2.95. The van der Waals surface area contributed by atoms with E-state index in [1.165, 1.54) is 5.56 Å². The third-order valence-electron chi connectivity index (χ3n) is 3.23. The molecule has 0 bridgehead atoms. The normalized spacial score (nSPS) is 11.2.